The second kappa shape index (κ2) is 6.68. The molecule has 0 spiro atoms. The molecule has 0 N–H and O–H groups in total. The van der Waals surface area contributed by atoms with Crippen molar-refractivity contribution in [3.05, 3.63) is 29.3 Å². The van der Waals surface area contributed by atoms with Gasteiger partial charge in [-0.3, -0.25) is 19.4 Å². The lowest BCUT2D eigenvalue weighted by Gasteiger charge is -2.32. The van der Waals surface area contributed by atoms with Gasteiger partial charge in [-0.1, -0.05) is 6.07 Å². The molecule has 1 aromatic carbocycles. The van der Waals surface area contributed by atoms with E-state index in [9.17, 15) is 19.2 Å². The van der Waals surface area contributed by atoms with E-state index in [1.54, 1.807) is 43.9 Å². The first-order valence-corrected chi connectivity index (χ1v) is 8.81. The minimum absolute atomic E-state index is 0.0897. The zero-order valence-electron chi connectivity index (χ0n) is 15.9. The van der Waals surface area contributed by atoms with Gasteiger partial charge >= 0.3 is 12.1 Å². The van der Waals surface area contributed by atoms with Gasteiger partial charge in [0.1, 0.15) is 5.60 Å². The van der Waals surface area contributed by atoms with Crippen molar-refractivity contribution in [3.63, 3.8) is 0 Å². The van der Waals surface area contributed by atoms with Gasteiger partial charge in [0.05, 0.1) is 5.69 Å². The van der Waals surface area contributed by atoms with Gasteiger partial charge in [-0.25, -0.2) is 14.5 Å². The van der Waals surface area contributed by atoms with Crippen LogP contribution in [0.3, 0.4) is 0 Å². The van der Waals surface area contributed by atoms with E-state index in [0.717, 1.165) is 20.9 Å². The number of nitrogens with zero attached hydrogens (tertiary/aromatic N) is 3. The Balaban J connectivity index is 1.81. The Morgan fingerprint density at radius 2 is 1.74 bits per heavy atom. The molecule has 5 amide bonds. The van der Waals surface area contributed by atoms with Gasteiger partial charge < -0.3 is 4.74 Å². The van der Waals surface area contributed by atoms with Gasteiger partial charge in [0.15, 0.2) is 0 Å². The van der Waals surface area contributed by atoms with Gasteiger partial charge in [-0.15, -0.1) is 0 Å². The van der Waals surface area contributed by atoms with Crippen LogP contribution in [-0.4, -0.2) is 45.9 Å². The van der Waals surface area contributed by atoms with Crippen molar-refractivity contribution in [1.29, 1.82) is 0 Å². The van der Waals surface area contributed by atoms with Crippen LogP contribution in [0.1, 0.15) is 45.2 Å². The summed E-state index contributed by atoms with van der Waals surface area (Å²) in [4.78, 5) is 52.4. The topological polar surface area (TPSA) is 87.2 Å². The molecular weight excluding hydrogens is 350 g/mol. The molecule has 0 aromatic heterocycles. The normalized spacial score (nSPS) is 17.3. The summed E-state index contributed by atoms with van der Waals surface area (Å²) in [6, 6.07) is 4.54. The predicted molar refractivity (Wildman–Crippen MR) is 96.8 cm³/mol. The molecule has 1 saturated heterocycles. The average Bonchev–Trinajstić information content (AvgIpc) is 2.96. The van der Waals surface area contributed by atoms with Crippen LogP contribution in [-0.2, 0) is 27.4 Å². The first kappa shape index (κ1) is 18.9. The summed E-state index contributed by atoms with van der Waals surface area (Å²) in [5.74, 6) is -0.741. The highest BCUT2D eigenvalue weighted by molar-refractivity contribution is 6.19. The number of amides is 5. The Morgan fingerprint density at radius 1 is 1.07 bits per heavy atom. The van der Waals surface area contributed by atoms with Crippen LogP contribution in [0, 0.1) is 0 Å². The molecule has 1 aromatic rings. The average molecular weight is 373 g/mol. The lowest BCUT2D eigenvalue weighted by atomic mass is 10.1. The molecule has 0 saturated carbocycles. The summed E-state index contributed by atoms with van der Waals surface area (Å²) in [6.07, 6.45) is -0.319. The van der Waals surface area contributed by atoms with E-state index >= 15 is 0 Å². The second-order valence-corrected chi connectivity index (χ2v) is 7.72. The van der Waals surface area contributed by atoms with Crippen LogP contribution >= 0.6 is 0 Å². The van der Waals surface area contributed by atoms with Crippen LogP contribution in [0.4, 0.5) is 15.3 Å². The smallest absolute Gasteiger partial charge is 0.410 e. The first-order chi connectivity index (χ1) is 12.6. The molecule has 0 atom stereocenters. The number of carbonyl (C=O) groups is 4. The molecule has 0 aliphatic carbocycles. The number of rotatable bonds is 1. The minimum atomic E-state index is -0.638. The van der Waals surface area contributed by atoms with Gasteiger partial charge in [0.25, 0.3) is 0 Å². The fourth-order valence-electron chi connectivity index (χ4n) is 3.16. The maximum atomic E-state index is 12.5. The number of carbonyl (C=O) groups excluding carboxylic acids is 4. The fraction of sp³-hybridized carbons (Fsp3) is 0.474. The van der Waals surface area contributed by atoms with Gasteiger partial charge in [-0.05, 0) is 44.0 Å². The van der Waals surface area contributed by atoms with Crippen molar-refractivity contribution in [1.82, 2.24) is 9.80 Å². The zero-order valence-corrected chi connectivity index (χ0v) is 15.9. The first-order valence-electron chi connectivity index (χ1n) is 8.81. The van der Waals surface area contributed by atoms with Gasteiger partial charge in [-0.2, -0.15) is 0 Å². The highest BCUT2D eigenvalue weighted by Crippen LogP contribution is 2.30. The molecule has 8 heteroatoms. The lowest BCUT2D eigenvalue weighted by molar-refractivity contribution is -0.128. The number of imide groups is 2. The number of hydrogen-bond donors (Lipinski definition) is 0. The third kappa shape index (κ3) is 3.79. The van der Waals surface area contributed by atoms with E-state index in [1.165, 1.54) is 6.92 Å². The van der Waals surface area contributed by atoms with Crippen molar-refractivity contribution in [2.45, 2.75) is 52.8 Å². The van der Waals surface area contributed by atoms with E-state index in [1.807, 2.05) is 0 Å². The van der Waals surface area contributed by atoms with E-state index in [2.05, 4.69) is 0 Å². The molecule has 2 aliphatic heterocycles. The summed E-state index contributed by atoms with van der Waals surface area (Å²) in [5.41, 5.74) is 1.60. The summed E-state index contributed by atoms with van der Waals surface area (Å²) in [6.45, 7) is 7.56. The Hall–Kier alpha value is -2.90. The monoisotopic (exact) mass is 373 g/mol. The molecule has 2 heterocycles. The maximum absolute atomic E-state index is 12.5. The van der Waals surface area contributed by atoms with Crippen molar-refractivity contribution in [2.75, 3.05) is 11.4 Å². The van der Waals surface area contributed by atoms with E-state index in [0.29, 0.717) is 18.8 Å². The minimum Gasteiger partial charge on any atom is -0.444 e. The van der Waals surface area contributed by atoms with E-state index in [-0.39, 0.29) is 18.9 Å². The number of hydrogen-bond acceptors (Lipinski definition) is 5. The number of anilines is 1. The molecule has 2 aliphatic rings. The Bertz CT molecular complexity index is 827. The lowest BCUT2D eigenvalue weighted by Crippen LogP contribution is -2.54. The number of urea groups is 1. The molecule has 0 unspecified atom stereocenters. The predicted octanol–water partition coefficient (Wildman–Crippen LogP) is 2.64. The Morgan fingerprint density at radius 3 is 2.37 bits per heavy atom. The Kier molecular flexibility index (Phi) is 4.67. The number of ether oxygens (including phenoxy) is 1. The third-order valence-electron chi connectivity index (χ3n) is 4.42. The summed E-state index contributed by atoms with van der Waals surface area (Å²) in [5, 5.41) is 0. The summed E-state index contributed by atoms with van der Waals surface area (Å²) >= 11 is 0. The fourth-order valence-corrected chi connectivity index (χ4v) is 3.16. The molecule has 0 bridgehead atoms. The van der Waals surface area contributed by atoms with Crippen LogP contribution < -0.4 is 4.90 Å². The molecule has 8 nitrogen and oxygen atoms in total. The molecule has 3 rings (SSSR count). The number of fused-ring (bicyclic) bond motifs is 1. The van der Waals surface area contributed by atoms with E-state index in [4.69, 9.17) is 4.74 Å². The van der Waals surface area contributed by atoms with Crippen molar-refractivity contribution in [2.24, 2.45) is 0 Å². The van der Waals surface area contributed by atoms with Gasteiger partial charge in [0, 0.05) is 33.0 Å². The van der Waals surface area contributed by atoms with Crippen molar-refractivity contribution in [3.8, 4) is 0 Å². The zero-order chi connectivity index (χ0) is 19.9. The quantitative estimate of drug-likeness (QED) is 0.755. The van der Waals surface area contributed by atoms with Crippen molar-refractivity contribution >= 4 is 29.6 Å². The summed E-state index contributed by atoms with van der Waals surface area (Å²) in [7, 11) is 0. The van der Waals surface area contributed by atoms with Gasteiger partial charge in [0.2, 0.25) is 11.8 Å². The van der Waals surface area contributed by atoms with Crippen molar-refractivity contribution < 1.29 is 23.9 Å². The molecular formula is C19H23N3O5. The van der Waals surface area contributed by atoms with Crippen LogP contribution in [0.5, 0.6) is 0 Å². The van der Waals surface area contributed by atoms with E-state index < -0.39 is 23.6 Å². The standard InChI is InChI=1S/C19H23N3O5/c1-12(23)21-8-7-16(24)22(17(21)25)15-6-5-13-10-20(11-14(13)9-15)18(26)27-19(2,3)4/h5-6,9H,7-8,10-11H2,1-4H3. The number of benzene rings is 1. The highest BCUT2D eigenvalue weighted by atomic mass is 16.6. The molecule has 27 heavy (non-hydrogen) atoms. The largest absolute Gasteiger partial charge is 0.444 e. The Labute approximate surface area is 157 Å². The van der Waals surface area contributed by atoms with Crippen LogP contribution in [0.15, 0.2) is 18.2 Å². The SMILES string of the molecule is CC(=O)N1CCC(=O)N(c2ccc3c(c2)CN(C(=O)OC(C)(C)C)C3)C1=O. The molecule has 144 valence electrons. The molecule has 0 radical (unpaired) electrons. The summed E-state index contributed by atoms with van der Waals surface area (Å²) < 4.78 is 5.40. The van der Waals surface area contributed by atoms with Crippen LogP contribution in [0.25, 0.3) is 0 Å². The second-order valence-electron chi connectivity index (χ2n) is 7.72. The molecule has 1 fully saturated rings. The maximum Gasteiger partial charge on any atom is 0.410 e. The van der Waals surface area contributed by atoms with Crippen LogP contribution in [0.2, 0.25) is 0 Å². The highest BCUT2D eigenvalue weighted by Gasteiger charge is 2.36. The third-order valence-corrected chi connectivity index (χ3v) is 4.42.